The maximum absolute atomic E-state index is 15.5. The summed E-state index contributed by atoms with van der Waals surface area (Å²) in [5.74, 6) is 0.779. The molecule has 0 amide bonds. The molecule has 0 radical (unpaired) electrons. The first-order chi connectivity index (χ1) is 24.4. The van der Waals surface area contributed by atoms with Crippen LogP contribution in [-0.4, -0.2) is 66.0 Å². The van der Waals surface area contributed by atoms with Crippen LogP contribution in [0.25, 0.3) is 21.7 Å². The summed E-state index contributed by atoms with van der Waals surface area (Å²) < 4.78 is 53.6. The van der Waals surface area contributed by atoms with Gasteiger partial charge in [-0.1, -0.05) is 12.1 Å². The van der Waals surface area contributed by atoms with Crippen LogP contribution in [0.1, 0.15) is 12.0 Å². The highest BCUT2D eigenvalue weighted by Crippen LogP contribution is 2.38. The van der Waals surface area contributed by atoms with E-state index in [9.17, 15) is 9.18 Å². The monoisotopic (exact) mass is 679 g/mol. The summed E-state index contributed by atoms with van der Waals surface area (Å²) in [5.41, 5.74) is 1.47. The van der Waals surface area contributed by atoms with Crippen LogP contribution < -0.4 is 25.1 Å². The molecule has 3 aromatic heterocycles. The molecule has 1 aliphatic heterocycles. The Bertz CT molecular complexity index is 2190. The van der Waals surface area contributed by atoms with Gasteiger partial charge in [0.05, 0.1) is 44.4 Å². The molecule has 0 aliphatic carbocycles. The molecule has 1 N–H and O–H groups in total. The number of nitrogens with one attached hydrogen (secondary N) is 1. The van der Waals surface area contributed by atoms with Crippen LogP contribution in [0.15, 0.2) is 96.2 Å². The van der Waals surface area contributed by atoms with E-state index >= 15 is 4.39 Å². The number of hydrogen-bond donors (Lipinski definition) is 1. The summed E-state index contributed by atoms with van der Waals surface area (Å²) in [6.45, 7) is 5.06. The number of rotatable bonds is 12. The summed E-state index contributed by atoms with van der Waals surface area (Å²) in [6.07, 6.45) is 5.71. The fourth-order valence-corrected chi connectivity index (χ4v) is 5.93. The lowest BCUT2D eigenvalue weighted by Gasteiger charge is -2.26. The minimum Gasteiger partial charge on any atom is -0.493 e. The third-order valence-electron chi connectivity index (χ3n) is 8.54. The average Bonchev–Trinajstić information content (AvgIpc) is 3.13. The molecule has 10 nitrogen and oxygen atoms in total. The molecule has 0 atom stereocenters. The molecule has 50 heavy (non-hydrogen) atoms. The Morgan fingerprint density at radius 3 is 2.50 bits per heavy atom. The normalized spacial score (nSPS) is 13.4. The van der Waals surface area contributed by atoms with Crippen molar-refractivity contribution in [2.45, 2.75) is 13.0 Å². The van der Waals surface area contributed by atoms with Gasteiger partial charge in [0.1, 0.15) is 17.4 Å². The van der Waals surface area contributed by atoms with E-state index in [0.717, 1.165) is 44.8 Å². The Morgan fingerprint density at radius 1 is 0.880 bits per heavy atom. The van der Waals surface area contributed by atoms with E-state index in [1.165, 1.54) is 28.8 Å². The second-order valence-corrected chi connectivity index (χ2v) is 11.9. The van der Waals surface area contributed by atoms with Gasteiger partial charge in [-0.25, -0.2) is 13.8 Å². The summed E-state index contributed by atoms with van der Waals surface area (Å²) in [5, 5.41) is 4.73. The quantitative estimate of drug-likeness (QED) is 0.138. The zero-order valence-electron chi connectivity index (χ0n) is 27.4. The van der Waals surface area contributed by atoms with E-state index in [2.05, 4.69) is 20.2 Å². The first-order valence-electron chi connectivity index (χ1n) is 16.3. The van der Waals surface area contributed by atoms with Crippen LogP contribution in [0.4, 0.5) is 20.3 Å². The van der Waals surface area contributed by atoms with Crippen LogP contribution in [0.3, 0.4) is 0 Å². The highest BCUT2D eigenvalue weighted by atomic mass is 19.1. The van der Waals surface area contributed by atoms with Gasteiger partial charge in [-0.3, -0.25) is 14.7 Å². The number of halogens is 2. The van der Waals surface area contributed by atoms with Crippen LogP contribution in [0.5, 0.6) is 23.0 Å². The summed E-state index contributed by atoms with van der Waals surface area (Å²) in [7, 11) is 1.57. The Morgan fingerprint density at radius 2 is 1.70 bits per heavy atom. The van der Waals surface area contributed by atoms with Gasteiger partial charge in [0.25, 0.3) is 5.56 Å². The number of methoxy groups -OCH3 is 1. The minimum absolute atomic E-state index is 0.00186. The minimum atomic E-state index is -0.624. The number of hydrogen-bond acceptors (Lipinski definition) is 9. The third kappa shape index (κ3) is 7.36. The van der Waals surface area contributed by atoms with E-state index in [1.54, 1.807) is 74.2 Å². The molecule has 256 valence electrons. The first kappa shape index (κ1) is 32.9. The van der Waals surface area contributed by atoms with Gasteiger partial charge in [-0.2, -0.15) is 0 Å². The third-order valence-corrected chi connectivity index (χ3v) is 8.54. The van der Waals surface area contributed by atoms with Gasteiger partial charge in [0.2, 0.25) is 0 Å². The van der Waals surface area contributed by atoms with E-state index in [1.807, 2.05) is 0 Å². The zero-order chi connectivity index (χ0) is 34.5. The molecule has 0 saturated carbocycles. The predicted molar refractivity (Wildman–Crippen MR) is 187 cm³/mol. The highest BCUT2D eigenvalue weighted by molar-refractivity contribution is 5.92. The number of aromatic nitrogens is 3. The lowest BCUT2D eigenvalue weighted by Crippen LogP contribution is -2.37. The predicted octanol–water partition coefficient (Wildman–Crippen LogP) is 6.92. The van der Waals surface area contributed by atoms with Gasteiger partial charge < -0.3 is 28.8 Å². The molecule has 1 aliphatic rings. The van der Waals surface area contributed by atoms with Gasteiger partial charge in [0, 0.05) is 61.4 Å². The van der Waals surface area contributed by atoms with Gasteiger partial charge in [-0.15, -0.1) is 0 Å². The fourth-order valence-electron chi connectivity index (χ4n) is 5.93. The average molecular weight is 680 g/mol. The van der Waals surface area contributed by atoms with Crippen LogP contribution >= 0.6 is 0 Å². The maximum Gasteiger partial charge on any atom is 0.262 e. The lowest BCUT2D eigenvalue weighted by atomic mass is 10.1. The van der Waals surface area contributed by atoms with Crippen LogP contribution in [-0.2, 0) is 11.3 Å². The second kappa shape index (κ2) is 14.9. The molecule has 1 fully saturated rings. The smallest absolute Gasteiger partial charge is 0.262 e. The largest absolute Gasteiger partial charge is 0.493 e. The number of pyridine rings is 3. The number of anilines is 2. The Labute approximate surface area is 286 Å². The van der Waals surface area contributed by atoms with Crippen molar-refractivity contribution in [3.05, 3.63) is 119 Å². The molecule has 0 spiro atoms. The molecule has 7 rings (SSSR count). The molecule has 4 heterocycles. The summed E-state index contributed by atoms with van der Waals surface area (Å²) >= 11 is 0. The van der Waals surface area contributed by atoms with Gasteiger partial charge in [0.15, 0.2) is 23.1 Å². The summed E-state index contributed by atoms with van der Waals surface area (Å²) in [4.78, 5) is 24.7. The SMILES string of the molecule is COc1cc2c(Oc3ccc(Nc4nccc5ccn(Cc6ccc(F)cc6)c(=O)c45)cc3F)ccnc2cc1OCCCN1CCOCC1. The van der Waals surface area contributed by atoms with Crippen molar-refractivity contribution in [1.82, 2.24) is 19.4 Å². The van der Waals surface area contributed by atoms with E-state index < -0.39 is 5.82 Å². The first-order valence-corrected chi connectivity index (χ1v) is 16.3. The van der Waals surface area contributed by atoms with Crippen molar-refractivity contribution in [3.8, 4) is 23.0 Å². The highest BCUT2D eigenvalue weighted by Gasteiger charge is 2.16. The number of fused-ring (bicyclic) bond motifs is 2. The molecule has 0 unspecified atom stereocenters. The number of ether oxygens (including phenoxy) is 4. The maximum atomic E-state index is 15.5. The standard InChI is InChI=1S/C38H35F2N5O5/c1-47-34-22-29-31(23-35(34)49-18-2-14-44-16-19-48-20-17-44)41-13-10-32(29)50-33-8-7-28(21-30(33)40)43-37-36-26(9-12-42-37)11-15-45(38(36)46)24-25-3-5-27(39)6-4-25/h3-13,15,21-23H,2,14,16-20,24H2,1H3,(H,42,43). The van der Waals surface area contributed by atoms with Crippen molar-refractivity contribution in [1.29, 1.82) is 0 Å². The fraction of sp³-hybridized carbons (Fsp3) is 0.237. The van der Waals surface area contributed by atoms with Crippen LogP contribution in [0.2, 0.25) is 0 Å². The van der Waals surface area contributed by atoms with E-state index in [4.69, 9.17) is 18.9 Å². The Kier molecular flexibility index (Phi) is 9.81. The molecule has 1 saturated heterocycles. The van der Waals surface area contributed by atoms with E-state index in [0.29, 0.717) is 51.2 Å². The van der Waals surface area contributed by atoms with Crippen molar-refractivity contribution in [2.75, 3.05) is 51.9 Å². The number of benzene rings is 3. The second-order valence-electron chi connectivity index (χ2n) is 11.9. The van der Waals surface area contributed by atoms with Crippen molar-refractivity contribution < 1.29 is 27.7 Å². The molecule has 0 bridgehead atoms. The molecular weight excluding hydrogens is 644 g/mol. The summed E-state index contributed by atoms with van der Waals surface area (Å²) in [6, 6.07) is 19.2. The van der Waals surface area contributed by atoms with Crippen molar-refractivity contribution in [3.63, 3.8) is 0 Å². The topological polar surface area (TPSA) is 100.0 Å². The molecular formula is C38H35F2N5O5. The zero-order valence-corrected chi connectivity index (χ0v) is 27.4. The van der Waals surface area contributed by atoms with Crippen molar-refractivity contribution in [2.24, 2.45) is 0 Å². The van der Waals surface area contributed by atoms with Crippen LogP contribution in [0, 0.1) is 11.6 Å². The Hall–Kier alpha value is -5.59. The Balaban J connectivity index is 1.07. The van der Waals surface area contributed by atoms with Gasteiger partial charge >= 0.3 is 0 Å². The molecule has 12 heteroatoms. The lowest BCUT2D eigenvalue weighted by molar-refractivity contribution is 0.0357. The van der Waals surface area contributed by atoms with Gasteiger partial charge in [-0.05, 0) is 65.9 Å². The number of morpholine rings is 1. The molecule has 6 aromatic rings. The van der Waals surface area contributed by atoms with Crippen molar-refractivity contribution >= 4 is 33.2 Å². The number of nitrogens with zero attached hydrogens (tertiary/aromatic N) is 4. The van der Waals surface area contributed by atoms with E-state index in [-0.39, 0.29) is 29.5 Å². The molecule has 3 aromatic carbocycles.